The molecule has 1 aromatic rings. The van der Waals surface area contributed by atoms with Gasteiger partial charge in [-0.2, -0.15) is 0 Å². The SMILES string of the molecule is C=C.CC1CNc2cccnc21. The predicted octanol–water partition coefficient (Wildman–Crippen LogP) is 2.41. The first-order chi connectivity index (χ1) is 5.88. The number of hydrogen-bond donors (Lipinski definition) is 1. The van der Waals surface area contributed by atoms with Crippen molar-refractivity contribution in [2.75, 3.05) is 11.9 Å². The van der Waals surface area contributed by atoms with E-state index in [0.717, 1.165) is 6.54 Å². The van der Waals surface area contributed by atoms with Crippen molar-refractivity contribution in [3.8, 4) is 0 Å². The third-order valence-corrected chi connectivity index (χ3v) is 1.90. The van der Waals surface area contributed by atoms with Crippen molar-refractivity contribution in [2.24, 2.45) is 0 Å². The molecule has 0 aromatic carbocycles. The lowest BCUT2D eigenvalue weighted by molar-refractivity contribution is 0.822. The first kappa shape index (κ1) is 8.78. The van der Waals surface area contributed by atoms with E-state index < -0.39 is 0 Å². The monoisotopic (exact) mass is 162 g/mol. The van der Waals surface area contributed by atoms with Crippen LogP contribution in [-0.4, -0.2) is 11.5 Å². The predicted molar refractivity (Wildman–Crippen MR) is 52.4 cm³/mol. The zero-order chi connectivity index (χ0) is 8.97. The van der Waals surface area contributed by atoms with Crippen molar-refractivity contribution >= 4 is 5.69 Å². The van der Waals surface area contributed by atoms with E-state index in [2.05, 4.69) is 36.4 Å². The topological polar surface area (TPSA) is 24.9 Å². The average molecular weight is 162 g/mol. The Labute approximate surface area is 73.3 Å². The Bertz CT molecular complexity index is 258. The van der Waals surface area contributed by atoms with E-state index in [1.807, 2.05) is 12.3 Å². The van der Waals surface area contributed by atoms with E-state index in [0.29, 0.717) is 5.92 Å². The molecule has 1 atom stereocenters. The van der Waals surface area contributed by atoms with E-state index in [1.165, 1.54) is 11.4 Å². The van der Waals surface area contributed by atoms with Crippen LogP contribution >= 0.6 is 0 Å². The lowest BCUT2D eigenvalue weighted by atomic mass is 10.1. The Morgan fingerprint density at radius 2 is 2.33 bits per heavy atom. The van der Waals surface area contributed by atoms with Crippen molar-refractivity contribution in [3.63, 3.8) is 0 Å². The van der Waals surface area contributed by atoms with Gasteiger partial charge in [-0.05, 0) is 12.1 Å². The van der Waals surface area contributed by atoms with Gasteiger partial charge in [0.25, 0.3) is 0 Å². The maximum Gasteiger partial charge on any atom is 0.0680 e. The molecule has 1 N–H and O–H groups in total. The Morgan fingerprint density at radius 1 is 1.58 bits per heavy atom. The average Bonchev–Trinajstić information content (AvgIpc) is 2.53. The van der Waals surface area contributed by atoms with Crippen LogP contribution in [0.15, 0.2) is 31.5 Å². The third kappa shape index (κ3) is 1.47. The Kier molecular flexibility index (Phi) is 2.86. The van der Waals surface area contributed by atoms with Gasteiger partial charge in [0.2, 0.25) is 0 Å². The van der Waals surface area contributed by atoms with Crippen molar-refractivity contribution < 1.29 is 0 Å². The van der Waals surface area contributed by atoms with Crippen molar-refractivity contribution in [1.82, 2.24) is 4.98 Å². The molecule has 2 heteroatoms. The fourth-order valence-corrected chi connectivity index (χ4v) is 1.32. The summed E-state index contributed by atoms with van der Waals surface area (Å²) in [6.07, 6.45) is 1.85. The van der Waals surface area contributed by atoms with Crippen LogP contribution in [0.3, 0.4) is 0 Å². The standard InChI is InChI=1S/C8H10N2.C2H4/c1-6-5-10-7-3-2-4-9-8(6)7;1-2/h2-4,6,10H,5H2,1H3;1-2H2. The summed E-state index contributed by atoms with van der Waals surface area (Å²) in [7, 11) is 0. The highest BCUT2D eigenvalue weighted by atomic mass is 14.9. The van der Waals surface area contributed by atoms with E-state index >= 15 is 0 Å². The highest BCUT2D eigenvalue weighted by Gasteiger charge is 2.17. The second-order valence-corrected chi connectivity index (χ2v) is 2.72. The molecule has 1 aromatic heterocycles. The number of pyridine rings is 1. The molecule has 0 fully saturated rings. The van der Waals surface area contributed by atoms with Crippen molar-refractivity contribution in [2.45, 2.75) is 12.8 Å². The van der Waals surface area contributed by atoms with Crippen LogP contribution in [0.2, 0.25) is 0 Å². The second-order valence-electron chi connectivity index (χ2n) is 2.72. The van der Waals surface area contributed by atoms with Gasteiger partial charge in [0, 0.05) is 18.7 Å². The van der Waals surface area contributed by atoms with Crippen LogP contribution in [0.5, 0.6) is 0 Å². The normalized spacial score (nSPS) is 18.6. The molecule has 0 saturated heterocycles. The van der Waals surface area contributed by atoms with Gasteiger partial charge >= 0.3 is 0 Å². The summed E-state index contributed by atoms with van der Waals surface area (Å²) in [6, 6.07) is 4.04. The van der Waals surface area contributed by atoms with Crippen molar-refractivity contribution in [3.05, 3.63) is 37.2 Å². The van der Waals surface area contributed by atoms with Crippen LogP contribution < -0.4 is 5.32 Å². The molecule has 2 rings (SSSR count). The largest absolute Gasteiger partial charge is 0.383 e. The quantitative estimate of drug-likeness (QED) is 0.592. The van der Waals surface area contributed by atoms with Gasteiger partial charge in [-0.25, -0.2) is 0 Å². The van der Waals surface area contributed by atoms with Gasteiger partial charge in [0.15, 0.2) is 0 Å². The second kappa shape index (κ2) is 3.90. The number of hydrogen-bond acceptors (Lipinski definition) is 2. The molecule has 0 spiro atoms. The third-order valence-electron chi connectivity index (χ3n) is 1.90. The van der Waals surface area contributed by atoms with Gasteiger partial charge in [0.1, 0.15) is 0 Å². The molecule has 2 heterocycles. The van der Waals surface area contributed by atoms with E-state index in [-0.39, 0.29) is 0 Å². The maximum absolute atomic E-state index is 4.28. The number of aromatic nitrogens is 1. The first-order valence-corrected chi connectivity index (χ1v) is 4.06. The molecule has 1 aliphatic rings. The minimum absolute atomic E-state index is 0.580. The molecular weight excluding hydrogens is 148 g/mol. The fourth-order valence-electron chi connectivity index (χ4n) is 1.32. The van der Waals surface area contributed by atoms with Crippen LogP contribution in [-0.2, 0) is 0 Å². The van der Waals surface area contributed by atoms with Crippen LogP contribution in [0.4, 0.5) is 5.69 Å². The maximum atomic E-state index is 4.28. The van der Waals surface area contributed by atoms with E-state index in [9.17, 15) is 0 Å². The summed E-state index contributed by atoms with van der Waals surface area (Å²) in [5.41, 5.74) is 2.41. The molecule has 1 aliphatic heterocycles. The van der Waals surface area contributed by atoms with Gasteiger partial charge in [0.05, 0.1) is 11.4 Å². The molecule has 0 bridgehead atoms. The number of nitrogens with one attached hydrogen (secondary N) is 1. The molecule has 0 aliphatic carbocycles. The number of nitrogens with zero attached hydrogens (tertiary/aromatic N) is 1. The fraction of sp³-hybridized carbons (Fsp3) is 0.300. The smallest absolute Gasteiger partial charge is 0.0680 e. The van der Waals surface area contributed by atoms with Crippen molar-refractivity contribution in [1.29, 1.82) is 0 Å². The van der Waals surface area contributed by atoms with Gasteiger partial charge in [-0.1, -0.05) is 6.92 Å². The molecule has 0 amide bonds. The highest BCUT2D eigenvalue weighted by Crippen LogP contribution is 2.27. The zero-order valence-electron chi connectivity index (χ0n) is 7.38. The molecular formula is C10H14N2. The molecule has 2 nitrogen and oxygen atoms in total. The van der Waals surface area contributed by atoms with E-state index in [1.54, 1.807) is 0 Å². The van der Waals surface area contributed by atoms with Gasteiger partial charge < -0.3 is 5.32 Å². The van der Waals surface area contributed by atoms with Gasteiger partial charge in [-0.15, -0.1) is 13.2 Å². The number of fused-ring (bicyclic) bond motifs is 1. The summed E-state index contributed by atoms with van der Waals surface area (Å²) in [5, 5.41) is 3.29. The lowest BCUT2D eigenvalue weighted by Crippen LogP contribution is -1.96. The summed E-state index contributed by atoms with van der Waals surface area (Å²) in [4.78, 5) is 4.28. The zero-order valence-corrected chi connectivity index (χ0v) is 7.38. The number of anilines is 1. The molecule has 0 radical (unpaired) electrons. The number of rotatable bonds is 0. The van der Waals surface area contributed by atoms with Crippen LogP contribution in [0.1, 0.15) is 18.5 Å². The summed E-state index contributed by atoms with van der Waals surface area (Å²) < 4.78 is 0. The summed E-state index contributed by atoms with van der Waals surface area (Å²) in [5.74, 6) is 0.580. The molecule has 12 heavy (non-hydrogen) atoms. The van der Waals surface area contributed by atoms with E-state index in [4.69, 9.17) is 0 Å². The lowest BCUT2D eigenvalue weighted by Gasteiger charge is -1.97. The molecule has 0 saturated carbocycles. The minimum Gasteiger partial charge on any atom is -0.383 e. The molecule has 1 unspecified atom stereocenters. The Morgan fingerprint density at radius 3 is 3.00 bits per heavy atom. The first-order valence-electron chi connectivity index (χ1n) is 4.06. The summed E-state index contributed by atoms with van der Waals surface area (Å²) in [6.45, 7) is 9.22. The minimum atomic E-state index is 0.580. The molecule has 64 valence electrons. The van der Waals surface area contributed by atoms with Crippen LogP contribution in [0, 0.1) is 0 Å². The highest BCUT2D eigenvalue weighted by molar-refractivity contribution is 5.53. The van der Waals surface area contributed by atoms with Crippen LogP contribution in [0.25, 0.3) is 0 Å². The Hall–Kier alpha value is -1.31. The van der Waals surface area contributed by atoms with Gasteiger partial charge in [-0.3, -0.25) is 4.98 Å². The summed E-state index contributed by atoms with van der Waals surface area (Å²) >= 11 is 0. The Balaban J connectivity index is 0.000000336.